The van der Waals surface area contributed by atoms with Crippen LogP contribution < -0.4 is 5.32 Å². The summed E-state index contributed by atoms with van der Waals surface area (Å²) in [5.41, 5.74) is 0.858. The SMILES string of the molecule is CS(=O)(=O)C[C@@H]1CNCCO[C@H]1c1ccc(Cl)c(Cl)c1.Cl. The van der Waals surface area contributed by atoms with Crippen LogP contribution in [0.25, 0.3) is 0 Å². The number of rotatable bonds is 3. The van der Waals surface area contributed by atoms with E-state index in [1.165, 1.54) is 6.26 Å². The van der Waals surface area contributed by atoms with Crippen molar-refractivity contribution in [2.45, 2.75) is 6.10 Å². The van der Waals surface area contributed by atoms with Crippen LogP contribution in [0.2, 0.25) is 10.0 Å². The third-order valence-electron chi connectivity index (χ3n) is 3.20. The van der Waals surface area contributed by atoms with Gasteiger partial charge in [0.15, 0.2) is 0 Å². The van der Waals surface area contributed by atoms with Crippen LogP contribution in [0.1, 0.15) is 11.7 Å². The van der Waals surface area contributed by atoms with E-state index in [0.717, 1.165) is 5.56 Å². The topological polar surface area (TPSA) is 55.4 Å². The lowest BCUT2D eigenvalue weighted by molar-refractivity contribution is 0.0369. The molecule has 0 aromatic heterocycles. The van der Waals surface area contributed by atoms with E-state index in [4.69, 9.17) is 27.9 Å². The van der Waals surface area contributed by atoms with E-state index < -0.39 is 9.84 Å². The fraction of sp³-hybridized carbons (Fsp3) is 0.538. The van der Waals surface area contributed by atoms with Crippen LogP contribution in [-0.2, 0) is 14.6 Å². The molecule has 1 aromatic rings. The fourth-order valence-corrected chi connectivity index (χ4v) is 3.76. The highest BCUT2D eigenvalue weighted by Gasteiger charge is 2.29. The molecule has 1 saturated heterocycles. The van der Waals surface area contributed by atoms with Crippen molar-refractivity contribution < 1.29 is 13.2 Å². The zero-order chi connectivity index (χ0) is 14.8. The molecule has 0 amide bonds. The Kier molecular flexibility index (Phi) is 7.24. The van der Waals surface area contributed by atoms with E-state index in [1.54, 1.807) is 12.1 Å². The van der Waals surface area contributed by atoms with E-state index in [1.807, 2.05) is 6.07 Å². The third kappa shape index (κ3) is 5.58. The second kappa shape index (κ2) is 7.99. The molecule has 0 unspecified atom stereocenters. The van der Waals surface area contributed by atoms with Gasteiger partial charge in [-0.2, -0.15) is 0 Å². The first kappa shape index (κ1) is 19.0. The van der Waals surface area contributed by atoms with Gasteiger partial charge in [0.05, 0.1) is 28.5 Å². The van der Waals surface area contributed by atoms with Gasteiger partial charge in [0.2, 0.25) is 0 Å². The summed E-state index contributed by atoms with van der Waals surface area (Å²) in [5.74, 6) is -0.0741. The highest BCUT2D eigenvalue weighted by Crippen LogP contribution is 2.32. The molecule has 0 bridgehead atoms. The van der Waals surface area contributed by atoms with E-state index in [-0.39, 0.29) is 30.2 Å². The van der Waals surface area contributed by atoms with Crippen LogP contribution in [0.15, 0.2) is 18.2 Å². The van der Waals surface area contributed by atoms with Crippen molar-refractivity contribution in [1.29, 1.82) is 0 Å². The normalized spacial score (nSPS) is 23.2. The van der Waals surface area contributed by atoms with Crippen molar-refractivity contribution in [2.75, 3.05) is 31.7 Å². The molecule has 2 atom stereocenters. The fourth-order valence-electron chi connectivity index (χ4n) is 2.38. The van der Waals surface area contributed by atoms with Gasteiger partial charge in [0, 0.05) is 25.3 Å². The Morgan fingerprint density at radius 1 is 1.33 bits per heavy atom. The van der Waals surface area contributed by atoms with Gasteiger partial charge < -0.3 is 10.1 Å². The summed E-state index contributed by atoms with van der Waals surface area (Å²) in [6, 6.07) is 5.28. The molecule has 1 N–H and O–H groups in total. The number of ether oxygens (including phenoxy) is 1. The Labute approximate surface area is 141 Å². The minimum atomic E-state index is -3.08. The molecular formula is C13H18Cl3NO3S. The zero-order valence-corrected chi connectivity index (χ0v) is 14.7. The molecule has 0 saturated carbocycles. The number of hydrogen-bond acceptors (Lipinski definition) is 4. The number of hydrogen-bond donors (Lipinski definition) is 1. The molecule has 0 aliphatic carbocycles. The maximum atomic E-state index is 11.6. The molecule has 21 heavy (non-hydrogen) atoms. The van der Waals surface area contributed by atoms with Gasteiger partial charge in [0.1, 0.15) is 9.84 Å². The summed E-state index contributed by atoms with van der Waals surface area (Å²) < 4.78 is 29.0. The molecule has 1 aromatic carbocycles. The Morgan fingerprint density at radius 3 is 2.67 bits per heavy atom. The van der Waals surface area contributed by atoms with E-state index in [9.17, 15) is 8.42 Å². The van der Waals surface area contributed by atoms with Gasteiger partial charge in [-0.3, -0.25) is 0 Å². The largest absolute Gasteiger partial charge is 0.372 e. The van der Waals surface area contributed by atoms with Gasteiger partial charge >= 0.3 is 0 Å². The standard InChI is InChI=1S/C13H17Cl2NO3S.ClH/c1-20(17,18)8-10-7-16-4-5-19-13(10)9-2-3-11(14)12(15)6-9;/h2-3,6,10,13,16H,4-5,7-8H2,1H3;1H/t10-,13-;/m0./s1. The molecule has 120 valence electrons. The Morgan fingerprint density at radius 2 is 2.05 bits per heavy atom. The average Bonchev–Trinajstić information content (AvgIpc) is 2.56. The molecule has 1 fully saturated rings. The van der Waals surface area contributed by atoms with E-state index in [0.29, 0.717) is 29.7 Å². The highest BCUT2D eigenvalue weighted by atomic mass is 35.5. The van der Waals surface area contributed by atoms with Crippen molar-refractivity contribution in [2.24, 2.45) is 5.92 Å². The van der Waals surface area contributed by atoms with Gasteiger partial charge in [-0.1, -0.05) is 29.3 Å². The van der Waals surface area contributed by atoms with Crippen molar-refractivity contribution in [1.82, 2.24) is 5.32 Å². The Bertz CT molecular complexity index is 580. The van der Waals surface area contributed by atoms with Gasteiger partial charge in [-0.15, -0.1) is 12.4 Å². The first-order valence-corrected chi connectivity index (χ1v) is 9.13. The highest BCUT2D eigenvalue weighted by molar-refractivity contribution is 7.90. The first-order chi connectivity index (χ1) is 9.37. The number of nitrogens with one attached hydrogen (secondary N) is 1. The molecule has 2 rings (SSSR count). The lowest BCUT2D eigenvalue weighted by Gasteiger charge is -2.24. The molecule has 1 aliphatic heterocycles. The smallest absolute Gasteiger partial charge is 0.147 e. The van der Waals surface area contributed by atoms with Crippen molar-refractivity contribution >= 4 is 45.4 Å². The quantitative estimate of drug-likeness (QED) is 0.884. The van der Waals surface area contributed by atoms with Crippen molar-refractivity contribution in [3.05, 3.63) is 33.8 Å². The molecule has 4 nitrogen and oxygen atoms in total. The second-order valence-electron chi connectivity index (χ2n) is 5.02. The summed E-state index contributed by atoms with van der Waals surface area (Å²) in [6.07, 6.45) is 0.943. The molecule has 8 heteroatoms. The predicted octanol–water partition coefficient (Wildman–Crippen LogP) is 2.74. The molecule has 0 spiro atoms. The second-order valence-corrected chi connectivity index (χ2v) is 8.02. The summed E-state index contributed by atoms with van der Waals surface area (Å²) >= 11 is 11.9. The maximum absolute atomic E-state index is 11.6. The lowest BCUT2D eigenvalue weighted by Crippen LogP contribution is -2.30. The number of halogens is 3. The summed E-state index contributed by atoms with van der Waals surface area (Å²) in [4.78, 5) is 0. The first-order valence-electron chi connectivity index (χ1n) is 6.32. The van der Waals surface area contributed by atoms with Crippen molar-refractivity contribution in [3.63, 3.8) is 0 Å². The Balaban J connectivity index is 0.00000220. The minimum absolute atomic E-state index is 0. The summed E-state index contributed by atoms with van der Waals surface area (Å²) in [6.45, 7) is 1.83. The van der Waals surface area contributed by atoms with Crippen LogP contribution in [0.5, 0.6) is 0 Å². The monoisotopic (exact) mass is 373 g/mol. The molecular weight excluding hydrogens is 357 g/mol. The van der Waals surface area contributed by atoms with Gasteiger partial charge in [-0.05, 0) is 17.7 Å². The molecule has 1 aliphatic rings. The van der Waals surface area contributed by atoms with Crippen LogP contribution in [0, 0.1) is 5.92 Å². The number of benzene rings is 1. The maximum Gasteiger partial charge on any atom is 0.147 e. The minimum Gasteiger partial charge on any atom is -0.372 e. The van der Waals surface area contributed by atoms with Gasteiger partial charge in [0.25, 0.3) is 0 Å². The predicted molar refractivity (Wildman–Crippen MR) is 88.5 cm³/mol. The molecule has 1 heterocycles. The lowest BCUT2D eigenvalue weighted by atomic mass is 9.97. The Hall–Kier alpha value is -0.0400. The van der Waals surface area contributed by atoms with E-state index >= 15 is 0 Å². The average molecular weight is 375 g/mol. The summed E-state index contributed by atoms with van der Waals surface area (Å²) in [7, 11) is -3.08. The van der Waals surface area contributed by atoms with E-state index in [2.05, 4.69) is 5.32 Å². The number of sulfone groups is 1. The van der Waals surface area contributed by atoms with Crippen LogP contribution in [0.4, 0.5) is 0 Å². The van der Waals surface area contributed by atoms with Crippen LogP contribution in [-0.4, -0.2) is 40.1 Å². The summed E-state index contributed by atoms with van der Waals surface area (Å²) in [5, 5.41) is 4.12. The van der Waals surface area contributed by atoms with Crippen LogP contribution in [0.3, 0.4) is 0 Å². The van der Waals surface area contributed by atoms with Crippen LogP contribution >= 0.6 is 35.6 Å². The van der Waals surface area contributed by atoms with Crippen molar-refractivity contribution in [3.8, 4) is 0 Å². The van der Waals surface area contributed by atoms with Gasteiger partial charge in [-0.25, -0.2) is 8.42 Å². The molecule has 0 radical (unpaired) electrons. The zero-order valence-electron chi connectivity index (χ0n) is 11.5. The third-order valence-corrected chi connectivity index (χ3v) is 4.97.